The van der Waals surface area contributed by atoms with E-state index >= 15 is 0 Å². The normalized spacial score (nSPS) is 16.8. The third-order valence-electron chi connectivity index (χ3n) is 4.82. The number of benzene rings is 2. The molecule has 1 aliphatic rings. The fraction of sp³-hybridized carbons (Fsp3) is 0.400. The highest BCUT2D eigenvalue weighted by Gasteiger charge is 2.25. The molecule has 0 aromatic heterocycles. The third-order valence-corrected chi connectivity index (χ3v) is 4.82. The van der Waals surface area contributed by atoms with Crippen LogP contribution in [0.5, 0.6) is 0 Å². The van der Waals surface area contributed by atoms with Gasteiger partial charge in [0, 0.05) is 18.7 Å². The Morgan fingerprint density at radius 3 is 2.46 bits per heavy atom. The highest BCUT2D eigenvalue weighted by molar-refractivity contribution is 6.00. The summed E-state index contributed by atoms with van der Waals surface area (Å²) in [4.78, 5) is 26.8. The maximum atomic E-state index is 12.5. The maximum absolute atomic E-state index is 12.5. The summed E-state index contributed by atoms with van der Waals surface area (Å²) < 4.78 is 0. The minimum absolute atomic E-state index is 0.0102. The molecule has 1 fully saturated rings. The van der Waals surface area contributed by atoms with Gasteiger partial charge in [0.1, 0.15) is 6.04 Å². The van der Waals surface area contributed by atoms with Crippen molar-refractivity contribution in [2.24, 2.45) is 5.92 Å². The molecule has 0 saturated carbocycles. The number of nitrogens with one attached hydrogen (secondary N) is 1. The van der Waals surface area contributed by atoms with Crippen LogP contribution in [0.2, 0.25) is 0 Å². The van der Waals surface area contributed by atoms with E-state index in [1.165, 1.54) is 0 Å². The lowest BCUT2D eigenvalue weighted by atomic mass is 9.99. The van der Waals surface area contributed by atoms with E-state index in [9.17, 15) is 9.59 Å². The highest BCUT2D eigenvalue weighted by atomic mass is 16.2. The summed E-state index contributed by atoms with van der Waals surface area (Å²) >= 11 is 0. The number of carbonyl (C=O) groups excluding carboxylic acids is 2. The molecule has 2 aromatic rings. The molecule has 1 heterocycles. The minimum atomic E-state index is -0.502. The standard InChI is InChI=1S/C20H24N2O2/c1-14-9-11-22(12-10-14)20(24)15(2)21-19(23)18-8-7-16-5-3-4-6-17(16)13-18/h3-8,13-15H,9-12H2,1-2H3,(H,21,23). The fourth-order valence-electron chi connectivity index (χ4n) is 3.18. The summed E-state index contributed by atoms with van der Waals surface area (Å²) in [6.45, 7) is 5.55. The van der Waals surface area contributed by atoms with E-state index in [0.717, 1.165) is 36.7 Å². The molecule has 1 aliphatic heterocycles. The molecule has 24 heavy (non-hydrogen) atoms. The number of likely N-dealkylation sites (tertiary alicyclic amines) is 1. The first-order valence-electron chi connectivity index (χ1n) is 8.63. The Bertz CT molecular complexity index is 748. The topological polar surface area (TPSA) is 49.4 Å². The molecule has 4 nitrogen and oxygen atoms in total. The number of fused-ring (bicyclic) bond motifs is 1. The number of nitrogens with zero attached hydrogens (tertiary/aromatic N) is 1. The van der Waals surface area contributed by atoms with Crippen molar-refractivity contribution in [2.45, 2.75) is 32.7 Å². The van der Waals surface area contributed by atoms with Crippen molar-refractivity contribution in [3.63, 3.8) is 0 Å². The first-order chi connectivity index (χ1) is 11.5. The summed E-state index contributed by atoms with van der Waals surface area (Å²) in [5, 5.41) is 4.96. The van der Waals surface area contributed by atoms with Crippen LogP contribution in [0.3, 0.4) is 0 Å². The Morgan fingerprint density at radius 2 is 1.75 bits per heavy atom. The molecule has 0 aliphatic carbocycles. The Labute approximate surface area is 142 Å². The average Bonchev–Trinajstić information content (AvgIpc) is 2.61. The van der Waals surface area contributed by atoms with Crippen LogP contribution >= 0.6 is 0 Å². The van der Waals surface area contributed by atoms with Crippen LogP contribution < -0.4 is 5.32 Å². The van der Waals surface area contributed by atoms with Gasteiger partial charge in [0.25, 0.3) is 5.91 Å². The summed E-state index contributed by atoms with van der Waals surface area (Å²) in [6, 6.07) is 13.0. The molecule has 3 rings (SSSR count). The zero-order chi connectivity index (χ0) is 17.1. The summed E-state index contributed by atoms with van der Waals surface area (Å²) in [5.41, 5.74) is 0.584. The van der Waals surface area contributed by atoms with E-state index in [4.69, 9.17) is 0 Å². The van der Waals surface area contributed by atoms with Gasteiger partial charge in [-0.3, -0.25) is 9.59 Å². The highest BCUT2D eigenvalue weighted by Crippen LogP contribution is 2.18. The Morgan fingerprint density at radius 1 is 1.08 bits per heavy atom. The lowest BCUT2D eigenvalue weighted by Gasteiger charge is -2.32. The van der Waals surface area contributed by atoms with Gasteiger partial charge in [-0.25, -0.2) is 0 Å². The Balaban J connectivity index is 1.65. The van der Waals surface area contributed by atoms with Crippen molar-refractivity contribution in [2.75, 3.05) is 13.1 Å². The van der Waals surface area contributed by atoms with Crippen LogP contribution in [-0.2, 0) is 4.79 Å². The van der Waals surface area contributed by atoms with Gasteiger partial charge in [-0.2, -0.15) is 0 Å². The summed E-state index contributed by atoms with van der Waals surface area (Å²) in [5.74, 6) is 0.486. The zero-order valence-electron chi connectivity index (χ0n) is 14.3. The second-order valence-electron chi connectivity index (χ2n) is 6.76. The smallest absolute Gasteiger partial charge is 0.251 e. The molecule has 2 aromatic carbocycles. The van der Waals surface area contributed by atoms with Gasteiger partial charge in [-0.1, -0.05) is 37.3 Å². The van der Waals surface area contributed by atoms with E-state index in [1.807, 2.05) is 41.3 Å². The van der Waals surface area contributed by atoms with Gasteiger partial charge >= 0.3 is 0 Å². The predicted molar refractivity (Wildman–Crippen MR) is 95.9 cm³/mol. The number of carbonyl (C=O) groups is 2. The van der Waals surface area contributed by atoms with Gasteiger partial charge in [-0.15, -0.1) is 0 Å². The van der Waals surface area contributed by atoms with Crippen molar-refractivity contribution in [1.29, 1.82) is 0 Å². The first-order valence-corrected chi connectivity index (χ1v) is 8.63. The molecular formula is C20H24N2O2. The summed E-state index contributed by atoms with van der Waals surface area (Å²) in [6.07, 6.45) is 2.08. The molecule has 0 spiro atoms. The van der Waals surface area contributed by atoms with Crippen LogP contribution in [0.15, 0.2) is 42.5 Å². The molecule has 0 bridgehead atoms. The lowest BCUT2D eigenvalue weighted by Crippen LogP contribution is -2.49. The number of amides is 2. The van der Waals surface area contributed by atoms with Crippen LogP contribution in [0, 0.1) is 5.92 Å². The molecule has 1 unspecified atom stereocenters. The largest absolute Gasteiger partial charge is 0.341 e. The van der Waals surface area contributed by atoms with Crippen molar-refractivity contribution in [3.05, 3.63) is 48.0 Å². The summed E-state index contributed by atoms with van der Waals surface area (Å²) in [7, 11) is 0. The van der Waals surface area contributed by atoms with Crippen molar-refractivity contribution in [1.82, 2.24) is 10.2 Å². The van der Waals surface area contributed by atoms with Gasteiger partial charge in [0.2, 0.25) is 5.91 Å². The molecule has 4 heteroatoms. The molecule has 0 radical (unpaired) electrons. The first kappa shape index (κ1) is 16.5. The van der Waals surface area contributed by atoms with Crippen LogP contribution in [0.4, 0.5) is 0 Å². The van der Waals surface area contributed by atoms with E-state index in [2.05, 4.69) is 12.2 Å². The van der Waals surface area contributed by atoms with Gasteiger partial charge in [0.05, 0.1) is 0 Å². The predicted octanol–water partition coefficient (Wildman–Crippen LogP) is 3.22. The van der Waals surface area contributed by atoms with Gasteiger partial charge in [0.15, 0.2) is 0 Å². The minimum Gasteiger partial charge on any atom is -0.341 e. The second-order valence-corrected chi connectivity index (χ2v) is 6.76. The Hall–Kier alpha value is -2.36. The van der Waals surface area contributed by atoms with Crippen molar-refractivity contribution in [3.8, 4) is 0 Å². The molecule has 1 atom stereocenters. The average molecular weight is 324 g/mol. The van der Waals surface area contributed by atoms with Crippen LogP contribution in [0.1, 0.15) is 37.0 Å². The van der Waals surface area contributed by atoms with Crippen LogP contribution in [0.25, 0.3) is 10.8 Å². The Kier molecular flexibility index (Phi) is 4.84. The monoisotopic (exact) mass is 324 g/mol. The van der Waals surface area contributed by atoms with Crippen molar-refractivity contribution < 1.29 is 9.59 Å². The van der Waals surface area contributed by atoms with E-state index < -0.39 is 6.04 Å². The van der Waals surface area contributed by atoms with E-state index in [-0.39, 0.29) is 11.8 Å². The zero-order valence-corrected chi connectivity index (χ0v) is 14.3. The van der Waals surface area contributed by atoms with Gasteiger partial charge < -0.3 is 10.2 Å². The van der Waals surface area contributed by atoms with Crippen LogP contribution in [-0.4, -0.2) is 35.8 Å². The third kappa shape index (κ3) is 3.58. The molecule has 126 valence electrons. The lowest BCUT2D eigenvalue weighted by molar-refractivity contribution is -0.134. The number of piperidine rings is 1. The van der Waals surface area contributed by atoms with Gasteiger partial charge in [-0.05, 0) is 48.6 Å². The van der Waals surface area contributed by atoms with E-state index in [0.29, 0.717) is 11.5 Å². The quantitative estimate of drug-likeness (QED) is 0.942. The fourth-order valence-corrected chi connectivity index (χ4v) is 3.18. The maximum Gasteiger partial charge on any atom is 0.251 e. The number of hydrogen-bond donors (Lipinski definition) is 1. The second kappa shape index (κ2) is 7.04. The van der Waals surface area contributed by atoms with Crippen molar-refractivity contribution >= 4 is 22.6 Å². The van der Waals surface area contributed by atoms with E-state index in [1.54, 1.807) is 13.0 Å². The number of hydrogen-bond acceptors (Lipinski definition) is 2. The SMILES string of the molecule is CC1CCN(C(=O)C(C)NC(=O)c2ccc3ccccc3c2)CC1. The molecule has 1 N–H and O–H groups in total. The number of rotatable bonds is 3. The molecule has 2 amide bonds. The molecular weight excluding hydrogens is 300 g/mol. The molecule has 1 saturated heterocycles.